The van der Waals surface area contributed by atoms with Crippen molar-refractivity contribution in [3.05, 3.63) is 10.4 Å². The molecule has 11 heavy (non-hydrogen) atoms. The van der Waals surface area contributed by atoms with Gasteiger partial charge in [0.15, 0.2) is 0 Å². The van der Waals surface area contributed by atoms with Gasteiger partial charge in [-0.25, -0.2) is 0 Å². The maximum Gasteiger partial charge on any atom is 0.0442 e. The van der Waals surface area contributed by atoms with Gasteiger partial charge in [-0.2, -0.15) is 0 Å². The maximum atomic E-state index is 7.99. The summed E-state index contributed by atoms with van der Waals surface area (Å²) in [5.41, 5.74) is 7.99. The van der Waals surface area contributed by atoms with E-state index in [-0.39, 0.29) is 0 Å². The third-order valence-electron chi connectivity index (χ3n) is 1.50. The summed E-state index contributed by atoms with van der Waals surface area (Å²) in [4.78, 5) is 2.71. The largest absolute Gasteiger partial charge is 0.0940 e. The molecule has 0 atom stereocenters. The number of azide groups is 1. The van der Waals surface area contributed by atoms with Gasteiger partial charge in [0.05, 0.1) is 0 Å². The Bertz CT molecular complexity index is 144. The van der Waals surface area contributed by atoms with Gasteiger partial charge in [-0.15, -0.1) is 0 Å². The first-order valence-electron chi connectivity index (χ1n) is 4.07. The van der Waals surface area contributed by atoms with Gasteiger partial charge >= 0.3 is 0 Å². The average molecular weight is 171 g/mol. The van der Waals surface area contributed by atoms with Gasteiger partial charge in [0, 0.05) is 19.5 Å². The number of nitrogens with zero attached hydrogens (tertiary/aromatic N) is 3. The monoisotopic (exact) mass is 171 g/mol. The zero-order valence-electron chi connectivity index (χ0n) is 7.67. The van der Waals surface area contributed by atoms with Crippen LogP contribution in [0.4, 0.5) is 0 Å². The van der Waals surface area contributed by atoms with Crippen molar-refractivity contribution in [2.45, 2.75) is 38.5 Å². The van der Waals surface area contributed by atoms with Crippen LogP contribution in [-0.2, 0) is 0 Å². The zero-order valence-corrected chi connectivity index (χ0v) is 8.67. The molecule has 0 aliphatic carbocycles. The van der Waals surface area contributed by atoms with Gasteiger partial charge in [0.2, 0.25) is 0 Å². The van der Waals surface area contributed by atoms with E-state index in [1.807, 2.05) is 0 Å². The van der Waals surface area contributed by atoms with Crippen LogP contribution < -0.4 is 0 Å². The van der Waals surface area contributed by atoms with Crippen LogP contribution >= 0.6 is 0 Å². The third kappa shape index (κ3) is 9.53. The second-order valence-corrected chi connectivity index (χ2v) is 9.59. The van der Waals surface area contributed by atoms with E-state index in [0.717, 1.165) is 6.42 Å². The molecule has 0 aromatic carbocycles. The summed E-state index contributed by atoms with van der Waals surface area (Å²) in [6.45, 7) is 7.75. The molecule has 0 spiro atoms. The van der Waals surface area contributed by atoms with Gasteiger partial charge in [0.1, 0.15) is 0 Å². The van der Waals surface area contributed by atoms with Crippen molar-refractivity contribution < 1.29 is 0 Å². The van der Waals surface area contributed by atoms with Crippen molar-refractivity contribution >= 4 is 8.07 Å². The molecule has 0 aliphatic rings. The Morgan fingerprint density at radius 2 is 1.91 bits per heavy atom. The highest BCUT2D eigenvalue weighted by molar-refractivity contribution is 6.76. The summed E-state index contributed by atoms with van der Waals surface area (Å²) in [5, 5.41) is 3.49. The summed E-state index contributed by atoms with van der Waals surface area (Å²) >= 11 is 0. The Kier molecular flexibility index (Phi) is 4.99. The molecule has 0 N–H and O–H groups in total. The Morgan fingerprint density at radius 3 is 2.36 bits per heavy atom. The molecule has 0 aliphatic heterocycles. The minimum absolute atomic E-state index is 0.668. The van der Waals surface area contributed by atoms with E-state index in [1.54, 1.807) is 0 Å². The molecule has 4 heteroatoms. The van der Waals surface area contributed by atoms with E-state index in [9.17, 15) is 0 Å². The molecule has 0 amide bonds. The molecule has 0 saturated heterocycles. The van der Waals surface area contributed by atoms with Crippen LogP contribution in [0.15, 0.2) is 5.11 Å². The number of hydrogen-bond donors (Lipinski definition) is 0. The quantitative estimate of drug-likeness (QED) is 0.200. The predicted molar refractivity (Wildman–Crippen MR) is 51.4 cm³/mol. The fourth-order valence-corrected chi connectivity index (χ4v) is 2.19. The fraction of sp³-hybridized carbons (Fsp3) is 1.00. The average Bonchev–Trinajstić information content (AvgIpc) is 1.85. The summed E-state index contributed by atoms with van der Waals surface area (Å²) in [5.74, 6) is 0. The second kappa shape index (κ2) is 5.21. The van der Waals surface area contributed by atoms with E-state index < -0.39 is 8.07 Å². The molecular weight excluding hydrogens is 154 g/mol. The van der Waals surface area contributed by atoms with E-state index in [4.69, 9.17) is 5.53 Å². The van der Waals surface area contributed by atoms with E-state index in [0.29, 0.717) is 6.54 Å². The molecular formula is C7H17N3Si. The van der Waals surface area contributed by atoms with Gasteiger partial charge in [-0.3, -0.25) is 0 Å². The molecule has 0 rings (SSSR count). The first-order chi connectivity index (χ1) is 5.06. The van der Waals surface area contributed by atoms with Crippen LogP contribution in [-0.4, -0.2) is 14.6 Å². The maximum absolute atomic E-state index is 7.99. The molecule has 64 valence electrons. The molecule has 0 aromatic rings. The third-order valence-corrected chi connectivity index (χ3v) is 3.35. The highest BCUT2D eigenvalue weighted by Crippen LogP contribution is 2.12. The van der Waals surface area contributed by atoms with Gasteiger partial charge < -0.3 is 0 Å². The Morgan fingerprint density at radius 1 is 1.27 bits per heavy atom. The molecule has 3 nitrogen and oxygen atoms in total. The molecule has 0 radical (unpaired) electrons. The van der Waals surface area contributed by atoms with Gasteiger partial charge in [0.25, 0.3) is 0 Å². The van der Waals surface area contributed by atoms with E-state index >= 15 is 0 Å². The minimum Gasteiger partial charge on any atom is -0.0940 e. The number of rotatable bonds is 5. The lowest BCUT2D eigenvalue weighted by atomic mass is 10.3. The van der Waals surface area contributed by atoms with Crippen molar-refractivity contribution in [1.29, 1.82) is 0 Å². The minimum atomic E-state index is -0.852. The SMILES string of the molecule is C[Si](C)(C)CCCCN=[N+]=[N-]. The van der Waals surface area contributed by atoms with Crippen LogP contribution in [0, 0.1) is 0 Å². The summed E-state index contributed by atoms with van der Waals surface area (Å²) < 4.78 is 0. The van der Waals surface area contributed by atoms with Crippen LogP contribution in [0.25, 0.3) is 10.4 Å². The first kappa shape index (κ1) is 10.5. The van der Waals surface area contributed by atoms with Crippen molar-refractivity contribution in [2.75, 3.05) is 6.54 Å². The first-order valence-corrected chi connectivity index (χ1v) is 7.78. The topological polar surface area (TPSA) is 48.8 Å². The second-order valence-electron chi connectivity index (χ2n) is 3.97. The standard InChI is InChI=1S/C7H17N3Si/c1-11(2,3)7-5-4-6-9-10-8/h4-7H2,1-3H3. The normalized spacial score (nSPS) is 10.8. The lowest BCUT2D eigenvalue weighted by Gasteiger charge is -2.14. The van der Waals surface area contributed by atoms with Gasteiger partial charge in [-0.1, -0.05) is 37.2 Å². The number of unbranched alkanes of at least 4 members (excludes halogenated alkanes) is 1. The van der Waals surface area contributed by atoms with Crippen molar-refractivity contribution in [1.82, 2.24) is 0 Å². The summed E-state index contributed by atoms with van der Waals surface area (Å²) in [6.07, 6.45) is 2.27. The van der Waals surface area contributed by atoms with Crippen molar-refractivity contribution in [3.63, 3.8) is 0 Å². The van der Waals surface area contributed by atoms with Crippen LogP contribution in [0.1, 0.15) is 12.8 Å². The Labute approximate surface area is 69.4 Å². The van der Waals surface area contributed by atoms with Crippen LogP contribution in [0.3, 0.4) is 0 Å². The molecule has 0 bridgehead atoms. The molecule has 0 unspecified atom stereocenters. The van der Waals surface area contributed by atoms with Crippen LogP contribution in [0.5, 0.6) is 0 Å². The lowest BCUT2D eigenvalue weighted by molar-refractivity contribution is 0.792. The summed E-state index contributed by atoms with van der Waals surface area (Å²) in [6, 6.07) is 1.34. The Hall–Kier alpha value is -0.473. The number of hydrogen-bond acceptors (Lipinski definition) is 1. The lowest BCUT2D eigenvalue weighted by Crippen LogP contribution is -2.18. The highest BCUT2D eigenvalue weighted by atomic mass is 28.3. The Balaban J connectivity index is 3.21. The highest BCUT2D eigenvalue weighted by Gasteiger charge is 2.10. The fourth-order valence-electron chi connectivity index (χ4n) is 0.883. The molecule has 0 fully saturated rings. The van der Waals surface area contributed by atoms with Crippen LogP contribution in [0.2, 0.25) is 25.7 Å². The molecule has 0 heterocycles. The molecule has 0 saturated carbocycles. The van der Waals surface area contributed by atoms with Crippen molar-refractivity contribution in [2.24, 2.45) is 5.11 Å². The van der Waals surface area contributed by atoms with E-state index in [2.05, 4.69) is 29.7 Å². The predicted octanol–water partition coefficient (Wildman–Crippen LogP) is 3.42. The molecule has 0 aromatic heterocycles. The van der Waals surface area contributed by atoms with E-state index in [1.165, 1.54) is 12.5 Å². The summed E-state index contributed by atoms with van der Waals surface area (Å²) in [7, 11) is -0.852. The van der Waals surface area contributed by atoms with Gasteiger partial charge in [-0.05, 0) is 12.0 Å². The smallest absolute Gasteiger partial charge is 0.0442 e. The zero-order chi connectivity index (χ0) is 8.74. The van der Waals surface area contributed by atoms with Crippen molar-refractivity contribution in [3.8, 4) is 0 Å².